The quantitative estimate of drug-likeness (QED) is 0.882. The molecule has 1 aliphatic rings. The molecule has 1 aliphatic carbocycles. The molecule has 106 valence electrons. The Kier molecular flexibility index (Phi) is 4.13. The Morgan fingerprint density at radius 2 is 2.25 bits per heavy atom. The van der Waals surface area contributed by atoms with Crippen molar-refractivity contribution in [1.82, 2.24) is 14.9 Å². The normalized spacial score (nSPS) is 18.4. The molecule has 0 fully saturated rings. The molecule has 2 aromatic rings. The van der Waals surface area contributed by atoms with Crippen molar-refractivity contribution < 1.29 is 0 Å². The molecule has 1 aromatic carbocycles. The Hall–Kier alpha value is -1.26. The number of nitrogens with one attached hydrogen (secondary N) is 1. The predicted octanol–water partition coefficient (Wildman–Crippen LogP) is 3.62. The molecule has 2 atom stereocenters. The van der Waals surface area contributed by atoms with Gasteiger partial charge >= 0.3 is 0 Å². The van der Waals surface area contributed by atoms with Crippen molar-refractivity contribution in [1.29, 1.82) is 0 Å². The van der Waals surface area contributed by atoms with Crippen LogP contribution >= 0.6 is 11.5 Å². The van der Waals surface area contributed by atoms with Crippen LogP contribution < -0.4 is 5.32 Å². The van der Waals surface area contributed by atoms with E-state index in [1.165, 1.54) is 22.4 Å². The van der Waals surface area contributed by atoms with E-state index in [-0.39, 0.29) is 0 Å². The highest BCUT2D eigenvalue weighted by Crippen LogP contribution is 2.41. The van der Waals surface area contributed by atoms with Gasteiger partial charge in [0, 0.05) is 6.04 Å². The van der Waals surface area contributed by atoms with Crippen LogP contribution in [0.25, 0.3) is 0 Å². The molecule has 4 heteroatoms. The smallest absolute Gasteiger partial charge is 0.0772 e. The summed E-state index contributed by atoms with van der Waals surface area (Å²) in [6.07, 6.45) is 3.52. The zero-order valence-electron chi connectivity index (χ0n) is 12.1. The van der Waals surface area contributed by atoms with Crippen molar-refractivity contribution in [3.8, 4) is 0 Å². The van der Waals surface area contributed by atoms with E-state index < -0.39 is 0 Å². The topological polar surface area (TPSA) is 37.8 Å². The van der Waals surface area contributed by atoms with E-state index in [2.05, 4.69) is 53.0 Å². The number of benzene rings is 1. The van der Waals surface area contributed by atoms with Crippen molar-refractivity contribution in [2.24, 2.45) is 0 Å². The molecule has 0 saturated heterocycles. The summed E-state index contributed by atoms with van der Waals surface area (Å²) in [4.78, 5) is 1.31. The zero-order chi connectivity index (χ0) is 13.9. The first kappa shape index (κ1) is 13.7. The maximum absolute atomic E-state index is 4.17. The Labute approximate surface area is 124 Å². The fraction of sp³-hybridized carbons (Fsp3) is 0.500. The number of rotatable bonds is 6. The highest BCUT2D eigenvalue weighted by Gasteiger charge is 2.29. The highest BCUT2D eigenvalue weighted by molar-refractivity contribution is 7.05. The van der Waals surface area contributed by atoms with Gasteiger partial charge in [0.25, 0.3) is 0 Å². The van der Waals surface area contributed by atoms with Gasteiger partial charge in [0.15, 0.2) is 0 Å². The van der Waals surface area contributed by atoms with Crippen LogP contribution in [-0.2, 0) is 6.42 Å². The van der Waals surface area contributed by atoms with Crippen LogP contribution in [0.2, 0.25) is 0 Å². The van der Waals surface area contributed by atoms with Gasteiger partial charge in [-0.05, 0) is 61.3 Å². The van der Waals surface area contributed by atoms with Gasteiger partial charge in [0.2, 0.25) is 0 Å². The lowest BCUT2D eigenvalue weighted by Crippen LogP contribution is -2.27. The molecule has 2 unspecified atom stereocenters. The average Bonchev–Trinajstić information content (AvgIpc) is 2.86. The van der Waals surface area contributed by atoms with E-state index in [0.29, 0.717) is 12.0 Å². The summed E-state index contributed by atoms with van der Waals surface area (Å²) in [5.74, 6) is 0.682. The molecule has 0 amide bonds. The third kappa shape index (κ3) is 2.63. The largest absolute Gasteiger partial charge is 0.309 e. The molecule has 1 aromatic heterocycles. The number of hydrogen-bond acceptors (Lipinski definition) is 4. The first-order valence-electron chi connectivity index (χ1n) is 7.39. The number of aromatic nitrogens is 2. The van der Waals surface area contributed by atoms with E-state index >= 15 is 0 Å². The lowest BCUT2D eigenvalue weighted by Gasteiger charge is -2.33. The maximum Gasteiger partial charge on any atom is 0.0772 e. The van der Waals surface area contributed by atoms with E-state index in [1.54, 1.807) is 11.5 Å². The van der Waals surface area contributed by atoms with Crippen molar-refractivity contribution in [3.63, 3.8) is 0 Å². The number of hydrogen-bond donors (Lipinski definition) is 1. The number of nitrogens with zero attached hydrogens (tertiary/aromatic N) is 2. The lowest BCUT2D eigenvalue weighted by atomic mass is 9.74. The summed E-state index contributed by atoms with van der Waals surface area (Å²) in [6, 6.07) is 9.21. The van der Waals surface area contributed by atoms with Gasteiger partial charge in [-0.3, -0.25) is 0 Å². The zero-order valence-corrected chi connectivity index (χ0v) is 12.9. The fourth-order valence-electron chi connectivity index (χ4n) is 3.02. The van der Waals surface area contributed by atoms with Crippen LogP contribution in [0.1, 0.15) is 53.4 Å². The Morgan fingerprint density at radius 1 is 1.40 bits per heavy atom. The van der Waals surface area contributed by atoms with Crippen molar-refractivity contribution in [2.45, 2.75) is 45.1 Å². The number of aryl methyl sites for hydroxylation is 1. The Balaban J connectivity index is 1.73. The van der Waals surface area contributed by atoms with Gasteiger partial charge < -0.3 is 5.32 Å². The van der Waals surface area contributed by atoms with Crippen LogP contribution in [0.5, 0.6) is 0 Å². The minimum atomic E-state index is 0.397. The van der Waals surface area contributed by atoms with E-state index in [0.717, 1.165) is 25.1 Å². The molecular weight excluding hydrogens is 266 g/mol. The summed E-state index contributed by atoms with van der Waals surface area (Å²) >= 11 is 1.54. The van der Waals surface area contributed by atoms with Crippen molar-refractivity contribution in [2.75, 3.05) is 6.54 Å². The molecule has 0 saturated carbocycles. The second kappa shape index (κ2) is 6.02. The maximum atomic E-state index is 4.17. The van der Waals surface area contributed by atoms with Gasteiger partial charge in [0.05, 0.1) is 10.6 Å². The van der Waals surface area contributed by atoms with Crippen molar-refractivity contribution >= 4 is 11.5 Å². The first-order chi connectivity index (χ1) is 9.79. The van der Waals surface area contributed by atoms with Gasteiger partial charge in [-0.2, -0.15) is 0 Å². The van der Waals surface area contributed by atoms with Gasteiger partial charge in [-0.25, -0.2) is 0 Å². The third-order valence-electron chi connectivity index (χ3n) is 4.13. The molecular formula is C16H21N3S. The van der Waals surface area contributed by atoms with Gasteiger partial charge in [0.1, 0.15) is 0 Å². The van der Waals surface area contributed by atoms with Crippen LogP contribution in [0.15, 0.2) is 24.3 Å². The number of fused-ring (bicyclic) bond motifs is 1. The van der Waals surface area contributed by atoms with Gasteiger partial charge in [-0.15, -0.1) is 5.10 Å². The molecule has 1 N–H and O–H groups in total. The van der Waals surface area contributed by atoms with E-state index in [9.17, 15) is 0 Å². The molecule has 1 heterocycles. The molecule has 0 radical (unpaired) electrons. The molecule has 3 nitrogen and oxygen atoms in total. The molecule has 0 bridgehead atoms. The first-order valence-corrected chi connectivity index (χ1v) is 8.17. The summed E-state index contributed by atoms with van der Waals surface area (Å²) in [7, 11) is 0. The molecule has 20 heavy (non-hydrogen) atoms. The minimum Gasteiger partial charge on any atom is -0.309 e. The van der Waals surface area contributed by atoms with Crippen molar-refractivity contribution in [3.05, 3.63) is 46.0 Å². The second-order valence-corrected chi connectivity index (χ2v) is 6.35. The van der Waals surface area contributed by atoms with Crippen LogP contribution in [0.4, 0.5) is 0 Å². The monoisotopic (exact) mass is 287 g/mol. The lowest BCUT2D eigenvalue weighted by molar-refractivity contribution is 0.431. The summed E-state index contributed by atoms with van der Waals surface area (Å²) in [5.41, 5.74) is 4.13. The SMILES string of the molecule is CCCNC(CC1Cc2ccccc21)c1snnc1C. The average molecular weight is 287 g/mol. The summed E-state index contributed by atoms with van der Waals surface area (Å²) in [6.45, 7) is 5.32. The molecule has 0 spiro atoms. The van der Waals surface area contributed by atoms with E-state index in [4.69, 9.17) is 0 Å². The minimum absolute atomic E-state index is 0.397. The van der Waals surface area contributed by atoms with Gasteiger partial charge in [-0.1, -0.05) is 35.7 Å². The summed E-state index contributed by atoms with van der Waals surface area (Å²) in [5, 5.41) is 7.84. The van der Waals surface area contributed by atoms with Crippen LogP contribution in [-0.4, -0.2) is 16.1 Å². The Bertz CT molecular complexity index is 579. The van der Waals surface area contributed by atoms with E-state index in [1.807, 2.05) is 0 Å². The predicted molar refractivity (Wildman–Crippen MR) is 83.2 cm³/mol. The molecule has 0 aliphatic heterocycles. The molecule has 3 rings (SSSR count). The second-order valence-electron chi connectivity index (χ2n) is 5.56. The van der Waals surface area contributed by atoms with Crippen LogP contribution in [0, 0.1) is 6.92 Å². The third-order valence-corrected chi connectivity index (χ3v) is 5.07. The fourth-order valence-corrected chi connectivity index (χ4v) is 3.75. The Morgan fingerprint density at radius 3 is 2.95 bits per heavy atom. The van der Waals surface area contributed by atoms with Crippen LogP contribution in [0.3, 0.4) is 0 Å². The summed E-state index contributed by atoms with van der Waals surface area (Å²) < 4.78 is 4.10. The standard InChI is InChI=1S/C16H21N3S/c1-3-8-17-15(16-11(2)18-19-20-16)10-13-9-12-6-4-5-7-14(12)13/h4-7,13,15,17H,3,8-10H2,1-2H3. The highest BCUT2D eigenvalue weighted by atomic mass is 32.1.